The van der Waals surface area contributed by atoms with Gasteiger partial charge in [-0.15, -0.1) is 0 Å². The third-order valence-electron chi connectivity index (χ3n) is 5.03. The van der Waals surface area contributed by atoms with Crippen molar-refractivity contribution in [1.82, 2.24) is 10.2 Å². The Kier molecular flexibility index (Phi) is 10.1. The highest BCUT2D eigenvalue weighted by molar-refractivity contribution is 5.87. The summed E-state index contributed by atoms with van der Waals surface area (Å²) >= 11 is 0. The van der Waals surface area contributed by atoms with E-state index < -0.39 is 6.04 Å². The lowest BCUT2D eigenvalue weighted by Gasteiger charge is -2.29. The Bertz CT molecular complexity index is 867. The van der Waals surface area contributed by atoms with Crippen LogP contribution in [0.4, 0.5) is 0 Å². The van der Waals surface area contributed by atoms with Gasteiger partial charge in [-0.3, -0.25) is 9.59 Å². The summed E-state index contributed by atoms with van der Waals surface area (Å²) < 4.78 is 11.3. The van der Waals surface area contributed by atoms with Crippen LogP contribution in [-0.2, 0) is 22.6 Å². The van der Waals surface area contributed by atoms with Gasteiger partial charge in [-0.2, -0.15) is 0 Å². The Morgan fingerprint density at radius 1 is 0.906 bits per heavy atom. The van der Waals surface area contributed by atoms with Crippen molar-refractivity contribution in [2.75, 3.05) is 13.2 Å². The molecule has 0 radical (unpaired) electrons. The number of amides is 2. The molecular weight excluding hydrogens is 404 g/mol. The van der Waals surface area contributed by atoms with Gasteiger partial charge in [0.2, 0.25) is 11.8 Å². The molecule has 6 nitrogen and oxygen atoms in total. The molecule has 2 amide bonds. The maximum Gasteiger partial charge on any atom is 0.242 e. The molecule has 2 rings (SSSR count). The number of hydrogen-bond acceptors (Lipinski definition) is 4. The average Bonchev–Trinajstić information content (AvgIpc) is 2.77. The Hall–Kier alpha value is -3.02. The van der Waals surface area contributed by atoms with Crippen LogP contribution in [0.5, 0.6) is 11.5 Å². The number of nitrogens with one attached hydrogen (secondary N) is 1. The molecule has 0 fully saturated rings. The monoisotopic (exact) mass is 440 g/mol. The maximum absolute atomic E-state index is 13.2. The molecule has 0 aliphatic carbocycles. The summed E-state index contributed by atoms with van der Waals surface area (Å²) in [6.07, 6.45) is 0.848. The molecule has 2 aromatic carbocycles. The van der Waals surface area contributed by atoms with E-state index in [9.17, 15) is 9.59 Å². The van der Waals surface area contributed by atoms with Crippen molar-refractivity contribution >= 4 is 11.8 Å². The fourth-order valence-corrected chi connectivity index (χ4v) is 3.41. The van der Waals surface area contributed by atoms with E-state index in [0.717, 1.165) is 11.1 Å². The zero-order valence-electron chi connectivity index (χ0n) is 19.9. The number of carbonyl (C=O) groups excluding carboxylic acids is 2. The van der Waals surface area contributed by atoms with Crippen LogP contribution in [0, 0.1) is 0 Å². The molecule has 0 aliphatic heterocycles. The van der Waals surface area contributed by atoms with Gasteiger partial charge in [-0.1, -0.05) is 36.4 Å². The van der Waals surface area contributed by atoms with E-state index in [4.69, 9.17) is 9.47 Å². The predicted molar refractivity (Wildman–Crippen MR) is 127 cm³/mol. The summed E-state index contributed by atoms with van der Waals surface area (Å²) in [5.74, 6) is 1.18. The number of aryl methyl sites for hydroxylation is 1. The van der Waals surface area contributed by atoms with Crippen LogP contribution in [0.3, 0.4) is 0 Å². The topological polar surface area (TPSA) is 67.9 Å². The van der Waals surface area contributed by atoms with Gasteiger partial charge in [-0.05, 0) is 64.3 Å². The van der Waals surface area contributed by atoms with Gasteiger partial charge in [0.1, 0.15) is 6.04 Å². The molecule has 0 aromatic heterocycles. The highest BCUT2D eigenvalue weighted by atomic mass is 16.5. The summed E-state index contributed by atoms with van der Waals surface area (Å²) in [4.78, 5) is 27.5. The molecule has 0 heterocycles. The molecule has 0 spiro atoms. The molecule has 174 valence electrons. The number of nitrogens with zero attached hydrogens (tertiary/aromatic N) is 1. The smallest absolute Gasteiger partial charge is 0.242 e. The van der Waals surface area contributed by atoms with Gasteiger partial charge in [-0.25, -0.2) is 0 Å². The second-order valence-corrected chi connectivity index (χ2v) is 7.99. The lowest BCUT2D eigenvalue weighted by molar-refractivity contribution is -0.140. The van der Waals surface area contributed by atoms with Crippen LogP contribution in [0.2, 0.25) is 0 Å². The van der Waals surface area contributed by atoms with Crippen LogP contribution in [0.25, 0.3) is 0 Å². The molecule has 6 heteroatoms. The first kappa shape index (κ1) is 25.2. The SMILES string of the molecule is CCOc1ccc(CCC(=O)N(Cc2ccccc2)[C@@H](C)C(=O)NC(C)C)cc1OCC. The standard InChI is InChI=1S/C26H36N2O4/c1-6-31-23-15-13-21(17-24(23)32-7-2)14-16-25(29)28(18-22-11-9-8-10-12-22)20(5)26(30)27-19(3)4/h8-13,15,17,19-20H,6-7,14,16,18H2,1-5H3,(H,27,30)/t20-/m0/s1. The van der Waals surface area contributed by atoms with E-state index in [-0.39, 0.29) is 17.9 Å². The molecule has 0 unspecified atom stereocenters. The molecule has 2 aromatic rings. The quantitative estimate of drug-likeness (QED) is 0.533. The second-order valence-electron chi connectivity index (χ2n) is 7.99. The van der Waals surface area contributed by atoms with Gasteiger partial charge < -0.3 is 19.7 Å². The molecule has 0 aliphatic rings. The average molecular weight is 441 g/mol. The fraction of sp³-hybridized carbons (Fsp3) is 0.462. The van der Waals surface area contributed by atoms with Crippen LogP contribution in [0.15, 0.2) is 48.5 Å². The van der Waals surface area contributed by atoms with Crippen LogP contribution in [0.1, 0.15) is 52.2 Å². The summed E-state index contributed by atoms with van der Waals surface area (Å²) in [7, 11) is 0. The van der Waals surface area contributed by atoms with Gasteiger partial charge in [0.25, 0.3) is 0 Å². The van der Waals surface area contributed by atoms with Crippen molar-refractivity contribution in [3.8, 4) is 11.5 Å². The van der Waals surface area contributed by atoms with E-state index in [1.165, 1.54) is 0 Å². The number of ether oxygens (including phenoxy) is 2. The summed E-state index contributed by atoms with van der Waals surface area (Å²) in [5.41, 5.74) is 1.98. The minimum atomic E-state index is -0.565. The zero-order valence-corrected chi connectivity index (χ0v) is 19.9. The molecule has 32 heavy (non-hydrogen) atoms. The first-order valence-electron chi connectivity index (χ1n) is 11.4. The maximum atomic E-state index is 13.2. The van der Waals surface area contributed by atoms with Crippen LogP contribution in [-0.4, -0.2) is 42.0 Å². The largest absolute Gasteiger partial charge is 0.490 e. The zero-order chi connectivity index (χ0) is 23.5. The number of rotatable bonds is 12. The van der Waals surface area contributed by atoms with Gasteiger partial charge >= 0.3 is 0 Å². The molecule has 0 bridgehead atoms. The van der Waals surface area contributed by atoms with Crippen LogP contribution >= 0.6 is 0 Å². The van der Waals surface area contributed by atoms with E-state index >= 15 is 0 Å². The van der Waals surface area contributed by atoms with Crippen molar-refractivity contribution in [2.45, 2.75) is 66.1 Å². The van der Waals surface area contributed by atoms with E-state index in [1.807, 2.05) is 76.2 Å². The minimum absolute atomic E-state index is 0.0134. The fourth-order valence-electron chi connectivity index (χ4n) is 3.41. The van der Waals surface area contributed by atoms with Gasteiger partial charge in [0, 0.05) is 19.0 Å². The van der Waals surface area contributed by atoms with E-state index in [0.29, 0.717) is 44.1 Å². The Labute approximate surface area is 191 Å². The van der Waals surface area contributed by atoms with Crippen molar-refractivity contribution < 1.29 is 19.1 Å². The van der Waals surface area contributed by atoms with E-state index in [1.54, 1.807) is 11.8 Å². The van der Waals surface area contributed by atoms with Gasteiger partial charge in [0.15, 0.2) is 11.5 Å². The Balaban J connectivity index is 2.15. The minimum Gasteiger partial charge on any atom is -0.490 e. The summed E-state index contributed by atoms with van der Waals surface area (Å²) in [6, 6.07) is 15.0. The van der Waals surface area contributed by atoms with Crippen molar-refractivity contribution in [2.24, 2.45) is 0 Å². The first-order chi connectivity index (χ1) is 15.3. The Morgan fingerprint density at radius 3 is 2.19 bits per heavy atom. The normalized spacial score (nSPS) is 11.7. The highest BCUT2D eigenvalue weighted by Gasteiger charge is 2.26. The van der Waals surface area contributed by atoms with Gasteiger partial charge in [0.05, 0.1) is 13.2 Å². The lowest BCUT2D eigenvalue weighted by Crippen LogP contribution is -2.49. The van der Waals surface area contributed by atoms with Crippen molar-refractivity contribution in [3.05, 3.63) is 59.7 Å². The number of hydrogen-bond donors (Lipinski definition) is 1. The summed E-state index contributed by atoms with van der Waals surface area (Å²) in [6.45, 7) is 10.9. The molecule has 0 saturated carbocycles. The van der Waals surface area contributed by atoms with Crippen molar-refractivity contribution in [3.63, 3.8) is 0 Å². The second kappa shape index (κ2) is 12.7. The number of carbonyl (C=O) groups is 2. The predicted octanol–water partition coefficient (Wildman–Crippen LogP) is 4.36. The molecule has 1 atom stereocenters. The number of benzene rings is 2. The Morgan fingerprint density at radius 2 is 1.56 bits per heavy atom. The van der Waals surface area contributed by atoms with Crippen molar-refractivity contribution in [1.29, 1.82) is 0 Å². The third kappa shape index (κ3) is 7.59. The third-order valence-corrected chi connectivity index (χ3v) is 5.03. The molecule has 1 N–H and O–H groups in total. The molecular formula is C26H36N2O4. The first-order valence-corrected chi connectivity index (χ1v) is 11.4. The highest BCUT2D eigenvalue weighted by Crippen LogP contribution is 2.29. The summed E-state index contributed by atoms with van der Waals surface area (Å²) in [5, 5.41) is 2.91. The van der Waals surface area contributed by atoms with Crippen LogP contribution < -0.4 is 14.8 Å². The lowest BCUT2D eigenvalue weighted by atomic mass is 10.1. The van der Waals surface area contributed by atoms with E-state index in [2.05, 4.69) is 5.32 Å². The molecule has 0 saturated heterocycles.